The molecule has 0 N–H and O–H groups in total. The molecule has 0 saturated carbocycles. The largest absolute Gasteiger partial charge is 0.444 e. The molecule has 1 saturated heterocycles. The summed E-state index contributed by atoms with van der Waals surface area (Å²) >= 11 is 0. The van der Waals surface area contributed by atoms with Gasteiger partial charge >= 0.3 is 6.09 Å². The lowest BCUT2D eigenvalue weighted by Gasteiger charge is -2.33. The summed E-state index contributed by atoms with van der Waals surface area (Å²) in [5, 5.41) is 0. The van der Waals surface area contributed by atoms with Gasteiger partial charge in [0, 0.05) is 23.8 Å². The Kier molecular flexibility index (Phi) is 6.13. The second-order valence-corrected chi connectivity index (χ2v) is 9.19. The molecule has 1 fully saturated rings. The number of hydrogen-bond acceptors (Lipinski definition) is 4. The van der Waals surface area contributed by atoms with Crippen LogP contribution < -0.4 is 0 Å². The van der Waals surface area contributed by atoms with Gasteiger partial charge < -0.3 is 9.64 Å². The fourth-order valence-electron chi connectivity index (χ4n) is 2.28. The molecule has 20 heavy (non-hydrogen) atoms. The minimum absolute atomic E-state index is 0.0286. The fraction of sp³-hybridized carbons (Fsp3) is 0.923. The number of likely N-dealkylation sites (tertiary alicyclic amines) is 1. The van der Waals surface area contributed by atoms with Gasteiger partial charge in [0.2, 0.25) is 9.05 Å². The zero-order valence-corrected chi connectivity index (χ0v) is 14.0. The summed E-state index contributed by atoms with van der Waals surface area (Å²) in [5.74, 6) is 0.494. The van der Waals surface area contributed by atoms with Crippen LogP contribution in [0.2, 0.25) is 0 Å². The molecule has 0 atom stereocenters. The Labute approximate surface area is 126 Å². The number of rotatable bonds is 4. The molecule has 0 spiro atoms. The van der Waals surface area contributed by atoms with Crippen LogP contribution in [0.3, 0.4) is 0 Å². The molecule has 0 aromatic carbocycles. The third-order valence-electron chi connectivity index (χ3n) is 3.27. The molecule has 0 radical (unpaired) electrons. The van der Waals surface area contributed by atoms with E-state index in [2.05, 4.69) is 0 Å². The minimum atomic E-state index is -3.38. The highest BCUT2D eigenvalue weighted by Gasteiger charge is 2.26. The molecule has 118 valence electrons. The highest BCUT2D eigenvalue weighted by Crippen LogP contribution is 2.23. The Bertz CT molecular complexity index is 422. The maximum absolute atomic E-state index is 11.9. The van der Waals surface area contributed by atoms with E-state index in [0.29, 0.717) is 25.4 Å². The van der Waals surface area contributed by atoms with Crippen molar-refractivity contribution in [3.8, 4) is 0 Å². The summed E-state index contributed by atoms with van der Waals surface area (Å²) in [4.78, 5) is 13.6. The second-order valence-electron chi connectivity index (χ2n) is 6.30. The predicted octanol–water partition coefficient (Wildman–Crippen LogP) is 2.98. The molecule has 0 aromatic rings. The van der Waals surface area contributed by atoms with E-state index in [-0.39, 0.29) is 11.8 Å². The van der Waals surface area contributed by atoms with Crippen molar-refractivity contribution in [1.29, 1.82) is 0 Å². The van der Waals surface area contributed by atoms with Crippen LogP contribution in [0.25, 0.3) is 0 Å². The Morgan fingerprint density at radius 2 is 1.85 bits per heavy atom. The van der Waals surface area contributed by atoms with Crippen molar-refractivity contribution in [1.82, 2.24) is 4.90 Å². The SMILES string of the molecule is CC(C)(C)OC(=O)N1CCC(CCCS(=O)(=O)Cl)CC1. The van der Waals surface area contributed by atoms with Crippen molar-refractivity contribution in [2.45, 2.75) is 52.1 Å². The molecule has 0 unspecified atom stereocenters. The molecular formula is C13H24ClNO4S. The zero-order valence-electron chi connectivity index (χ0n) is 12.4. The first kappa shape index (κ1) is 17.6. The number of carbonyl (C=O) groups is 1. The molecule has 5 nitrogen and oxygen atoms in total. The number of amides is 1. The van der Waals surface area contributed by atoms with Gasteiger partial charge in [0.05, 0.1) is 5.75 Å². The summed E-state index contributed by atoms with van der Waals surface area (Å²) in [5.41, 5.74) is -0.470. The van der Waals surface area contributed by atoms with Gasteiger partial charge in [0.15, 0.2) is 0 Å². The van der Waals surface area contributed by atoms with Crippen LogP contribution in [0.15, 0.2) is 0 Å². The van der Waals surface area contributed by atoms with Gasteiger partial charge in [0.25, 0.3) is 0 Å². The Hall–Kier alpha value is -0.490. The Morgan fingerprint density at radius 3 is 2.30 bits per heavy atom. The third kappa shape index (κ3) is 7.33. The fourth-order valence-corrected chi connectivity index (χ4v) is 3.11. The average Bonchev–Trinajstić information content (AvgIpc) is 2.25. The predicted molar refractivity (Wildman–Crippen MR) is 79.4 cm³/mol. The quantitative estimate of drug-likeness (QED) is 0.745. The summed E-state index contributed by atoms with van der Waals surface area (Å²) < 4.78 is 27.0. The third-order valence-corrected chi connectivity index (χ3v) is 4.51. The van der Waals surface area contributed by atoms with Gasteiger partial charge in [-0.05, 0) is 52.4 Å². The lowest BCUT2D eigenvalue weighted by molar-refractivity contribution is 0.0181. The van der Waals surface area contributed by atoms with Gasteiger partial charge in [-0.1, -0.05) is 0 Å². The van der Waals surface area contributed by atoms with Crippen molar-refractivity contribution in [3.63, 3.8) is 0 Å². The topological polar surface area (TPSA) is 63.7 Å². The molecule has 0 bridgehead atoms. The number of ether oxygens (including phenoxy) is 1. The van der Waals surface area contributed by atoms with Gasteiger partial charge in [0.1, 0.15) is 5.60 Å². The monoisotopic (exact) mass is 325 g/mol. The molecule has 1 aliphatic heterocycles. The summed E-state index contributed by atoms with van der Waals surface area (Å²) in [7, 11) is 1.80. The highest BCUT2D eigenvalue weighted by molar-refractivity contribution is 8.13. The molecule has 0 aromatic heterocycles. The Morgan fingerprint density at radius 1 is 1.30 bits per heavy atom. The van der Waals surface area contributed by atoms with E-state index in [1.807, 2.05) is 20.8 Å². The van der Waals surface area contributed by atoms with E-state index in [1.54, 1.807) is 4.90 Å². The van der Waals surface area contributed by atoms with E-state index >= 15 is 0 Å². The van der Waals surface area contributed by atoms with Crippen molar-refractivity contribution in [3.05, 3.63) is 0 Å². The lowest BCUT2D eigenvalue weighted by Crippen LogP contribution is -2.41. The van der Waals surface area contributed by atoms with E-state index < -0.39 is 14.7 Å². The van der Waals surface area contributed by atoms with Crippen LogP contribution in [0.1, 0.15) is 46.5 Å². The summed E-state index contributed by atoms with van der Waals surface area (Å²) in [6.45, 7) is 6.90. The first-order valence-corrected chi connectivity index (χ1v) is 9.45. The van der Waals surface area contributed by atoms with E-state index in [9.17, 15) is 13.2 Å². The van der Waals surface area contributed by atoms with E-state index in [1.165, 1.54) is 0 Å². The van der Waals surface area contributed by atoms with Crippen molar-refractivity contribution >= 4 is 25.8 Å². The first-order chi connectivity index (χ1) is 9.07. The molecule has 1 amide bonds. The Balaban J connectivity index is 2.28. The van der Waals surface area contributed by atoms with Crippen molar-refractivity contribution in [2.75, 3.05) is 18.8 Å². The van der Waals surface area contributed by atoms with Crippen molar-refractivity contribution < 1.29 is 17.9 Å². The molecule has 1 heterocycles. The standard InChI is InChI=1S/C13H24ClNO4S/c1-13(2,3)19-12(16)15-8-6-11(7-9-15)5-4-10-20(14,17)18/h11H,4-10H2,1-3H3. The normalized spacial score (nSPS) is 18.1. The number of nitrogens with zero attached hydrogens (tertiary/aromatic N) is 1. The van der Waals surface area contributed by atoms with Gasteiger partial charge in [-0.15, -0.1) is 0 Å². The zero-order chi connectivity index (χ0) is 15.4. The van der Waals surface area contributed by atoms with Crippen LogP contribution in [-0.2, 0) is 13.8 Å². The molecule has 0 aliphatic carbocycles. The van der Waals surface area contributed by atoms with Crippen LogP contribution in [0, 0.1) is 5.92 Å². The average molecular weight is 326 g/mol. The smallest absolute Gasteiger partial charge is 0.410 e. The minimum Gasteiger partial charge on any atom is -0.444 e. The van der Waals surface area contributed by atoms with Crippen LogP contribution in [0.4, 0.5) is 4.79 Å². The van der Waals surface area contributed by atoms with Crippen LogP contribution >= 0.6 is 10.7 Å². The van der Waals surface area contributed by atoms with Gasteiger partial charge in [-0.2, -0.15) is 0 Å². The molecule has 1 rings (SSSR count). The van der Waals surface area contributed by atoms with Gasteiger partial charge in [-0.25, -0.2) is 13.2 Å². The highest BCUT2D eigenvalue weighted by atomic mass is 35.7. The number of piperidine rings is 1. The number of carbonyl (C=O) groups excluding carboxylic acids is 1. The van der Waals surface area contributed by atoms with Crippen LogP contribution in [0.5, 0.6) is 0 Å². The lowest BCUT2D eigenvalue weighted by atomic mass is 9.93. The second kappa shape index (κ2) is 6.98. The van der Waals surface area contributed by atoms with Gasteiger partial charge in [-0.3, -0.25) is 0 Å². The maximum atomic E-state index is 11.9. The van der Waals surface area contributed by atoms with Crippen LogP contribution in [-0.4, -0.2) is 43.9 Å². The molecule has 1 aliphatic rings. The molecular weight excluding hydrogens is 302 g/mol. The van der Waals surface area contributed by atoms with E-state index in [4.69, 9.17) is 15.4 Å². The molecule has 7 heteroatoms. The summed E-state index contributed by atoms with van der Waals surface area (Å²) in [6, 6.07) is 0. The number of hydrogen-bond donors (Lipinski definition) is 0. The van der Waals surface area contributed by atoms with Crippen molar-refractivity contribution in [2.24, 2.45) is 5.92 Å². The first-order valence-electron chi connectivity index (χ1n) is 6.97. The number of halogens is 1. The maximum Gasteiger partial charge on any atom is 0.410 e. The summed E-state index contributed by atoms with van der Waals surface area (Å²) in [6.07, 6.45) is 2.94. The van der Waals surface area contributed by atoms with E-state index in [0.717, 1.165) is 19.3 Å².